The van der Waals surface area contributed by atoms with Gasteiger partial charge < -0.3 is 9.32 Å². The highest BCUT2D eigenvalue weighted by Crippen LogP contribution is 2.29. The van der Waals surface area contributed by atoms with Crippen molar-refractivity contribution >= 4 is 45.7 Å². The third-order valence-corrected chi connectivity index (χ3v) is 5.66. The molecule has 0 saturated heterocycles. The molecule has 26 heavy (non-hydrogen) atoms. The van der Waals surface area contributed by atoms with Crippen molar-refractivity contribution in [3.05, 3.63) is 63.2 Å². The largest absolute Gasteiger partial charge is 0.465 e. The Bertz CT molecular complexity index is 943. The SMILES string of the molecule is O=C(Nc1nc2c(s1)CN(C(=O)C=Cc1ccco1)CC2)c1ccsc1. The second-order valence-corrected chi connectivity index (χ2v) is 7.58. The van der Waals surface area contributed by atoms with Crippen LogP contribution >= 0.6 is 22.7 Å². The number of anilines is 1. The van der Waals surface area contributed by atoms with E-state index in [0.717, 1.165) is 10.6 Å². The number of thiazole rings is 1. The van der Waals surface area contributed by atoms with E-state index in [9.17, 15) is 9.59 Å². The van der Waals surface area contributed by atoms with Crippen LogP contribution in [0.4, 0.5) is 5.13 Å². The molecule has 3 aromatic rings. The van der Waals surface area contributed by atoms with Crippen molar-refractivity contribution in [3.8, 4) is 0 Å². The van der Waals surface area contributed by atoms with Crippen molar-refractivity contribution in [1.29, 1.82) is 0 Å². The Labute approximate surface area is 157 Å². The summed E-state index contributed by atoms with van der Waals surface area (Å²) >= 11 is 2.90. The fourth-order valence-electron chi connectivity index (χ4n) is 2.64. The maximum Gasteiger partial charge on any atom is 0.258 e. The number of carbonyl (C=O) groups is 2. The first-order valence-corrected chi connectivity index (χ1v) is 9.77. The summed E-state index contributed by atoms with van der Waals surface area (Å²) in [6.45, 7) is 1.11. The van der Waals surface area contributed by atoms with Crippen LogP contribution in [0.2, 0.25) is 0 Å². The lowest BCUT2D eigenvalue weighted by molar-refractivity contribution is -0.126. The normalized spacial score (nSPS) is 13.8. The van der Waals surface area contributed by atoms with Crippen molar-refractivity contribution in [2.24, 2.45) is 0 Å². The molecular weight excluding hydrogens is 370 g/mol. The number of hydrogen-bond acceptors (Lipinski definition) is 6. The molecule has 4 rings (SSSR count). The van der Waals surface area contributed by atoms with Gasteiger partial charge in [0.2, 0.25) is 5.91 Å². The molecule has 1 N–H and O–H groups in total. The van der Waals surface area contributed by atoms with Crippen LogP contribution in [-0.4, -0.2) is 28.2 Å². The molecule has 0 atom stereocenters. The molecule has 0 aliphatic carbocycles. The van der Waals surface area contributed by atoms with E-state index < -0.39 is 0 Å². The van der Waals surface area contributed by atoms with Crippen LogP contribution in [0.1, 0.15) is 26.7 Å². The average Bonchev–Trinajstić information content (AvgIpc) is 3.39. The zero-order valence-corrected chi connectivity index (χ0v) is 15.3. The number of hydrogen-bond donors (Lipinski definition) is 1. The smallest absolute Gasteiger partial charge is 0.258 e. The Balaban J connectivity index is 1.41. The number of rotatable bonds is 4. The Morgan fingerprint density at radius 2 is 2.27 bits per heavy atom. The molecule has 0 saturated carbocycles. The molecule has 0 fully saturated rings. The number of fused-ring (bicyclic) bond motifs is 1. The van der Waals surface area contributed by atoms with Gasteiger partial charge in [0.05, 0.1) is 24.1 Å². The Hall–Kier alpha value is -2.71. The summed E-state index contributed by atoms with van der Waals surface area (Å²) in [7, 11) is 0. The van der Waals surface area contributed by atoms with Crippen molar-refractivity contribution in [1.82, 2.24) is 9.88 Å². The maximum absolute atomic E-state index is 12.4. The molecule has 2 amide bonds. The predicted molar refractivity (Wildman–Crippen MR) is 101 cm³/mol. The molecule has 132 valence electrons. The van der Waals surface area contributed by atoms with E-state index in [1.54, 1.807) is 40.8 Å². The third kappa shape index (κ3) is 3.61. The van der Waals surface area contributed by atoms with E-state index in [-0.39, 0.29) is 11.8 Å². The van der Waals surface area contributed by atoms with Gasteiger partial charge >= 0.3 is 0 Å². The number of nitrogens with zero attached hydrogens (tertiary/aromatic N) is 2. The van der Waals surface area contributed by atoms with Crippen LogP contribution in [0.15, 0.2) is 45.7 Å². The molecule has 0 spiro atoms. The minimum absolute atomic E-state index is 0.0655. The lowest BCUT2D eigenvalue weighted by atomic mass is 10.2. The second-order valence-electron chi connectivity index (χ2n) is 5.71. The summed E-state index contributed by atoms with van der Waals surface area (Å²) in [6.07, 6.45) is 5.43. The maximum atomic E-state index is 12.4. The van der Waals surface area contributed by atoms with Gasteiger partial charge in [0, 0.05) is 29.3 Å². The molecule has 0 bridgehead atoms. The fourth-order valence-corrected chi connectivity index (χ4v) is 4.30. The summed E-state index contributed by atoms with van der Waals surface area (Å²) in [4.78, 5) is 31.8. The summed E-state index contributed by atoms with van der Waals surface area (Å²) in [5.41, 5.74) is 1.58. The van der Waals surface area contributed by atoms with Crippen LogP contribution < -0.4 is 5.32 Å². The number of thiophene rings is 1. The number of furan rings is 1. The van der Waals surface area contributed by atoms with E-state index in [2.05, 4.69) is 10.3 Å². The van der Waals surface area contributed by atoms with E-state index in [0.29, 0.717) is 36.0 Å². The lowest BCUT2D eigenvalue weighted by Crippen LogP contribution is -2.34. The summed E-state index contributed by atoms with van der Waals surface area (Å²) in [5.74, 6) is 0.420. The molecule has 0 aromatic carbocycles. The molecule has 0 unspecified atom stereocenters. The zero-order chi connectivity index (χ0) is 17.9. The molecular formula is C18H15N3O3S2. The average molecular weight is 385 g/mol. The lowest BCUT2D eigenvalue weighted by Gasteiger charge is -2.24. The van der Waals surface area contributed by atoms with Gasteiger partial charge in [-0.25, -0.2) is 4.98 Å². The Morgan fingerprint density at radius 3 is 3.04 bits per heavy atom. The van der Waals surface area contributed by atoms with Crippen molar-refractivity contribution in [2.75, 3.05) is 11.9 Å². The molecule has 6 nitrogen and oxygen atoms in total. The van der Waals surface area contributed by atoms with Gasteiger partial charge in [0.1, 0.15) is 5.76 Å². The second kappa shape index (κ2) is 7.27. The van der Waals surface area contributed by atoms with Crippen LogP contribution in [0.5, 0.6) is 0 Å². The summed E-state index contributed by atoms with van der Waals surface area (Å²) in [5, 5.41) is 7.07. The molecule has 1 aliphatic rings. The van der Waals surface area contributed by atoms with Gasteiger partial charge in [-0.05, 0) is 29.7 Å². The molecule has 8 heteroatoms. The number of carbonyl (C=O) groups excluding carboxylic acids is 2. The van der Waals surface area contributed by atoms with Crippen LogP contribution in [0.3, 0.4) is 0 Å². The monoisotopic (exact) mass is 385 g/mol. The van der Waals surface area contributed by atoms with E-state index >= 15 is 0 Å². The molecule has 3 aromatic heterocycles. The number of nitrogens with one attached hydrogen (secondary N) is 1. The number of amides is 2. The molecule has 1 aliphatic heterocycles. The summed E-state index contributed by atoms with van der Waals surface area (Å²) in [6, 6.07) is 5.35. The van der Waals surface area contributed by atoms with Gasteiger partial charge in [0.25, 0.3) is 5.91 Å². The quantitative estimate of drug-likeness (QED) is 0.696. The third-order valence-electron chi connectivity index (χ3n) is 3.98. The first kappa shape index (κ1) is 16.7. The fraction of sp³-hybridized carbons (Fsp3) is 0.167. The molecule has 4 heterocycles. The first-order chi connectivity index (χ1) is 12.7. The molecule has 0 radical (unpaired) electrons. The highest BCUT2D eigenvalue weighted by molar-refractivity contribution is 7.16. The van der Waals surface area contributed by atoms with E-state index in [1.807, 2.05) is 5.38 Å². The van der Waals surface area contributed by atoms with Gasteiger partial charge in [-0.1, -0.05) is 11.3 Å². The van der Waals surface area contributed by atoms with Crippen LogP contribution in [0, 0.1) is 0 Å². The van der Waals surface area contributed by atoms with Crippen LogP contribution in [-0.2, 0) is 17.8 Å². The van der Waals surface area contributed by atoms with Crippen molar-refractivity contribution in [2.45, 2.75) is 13.0 Å². The van der Waals surface area contributed by atoms with Crippen molar-refractivity contribution in [3.63, 3.8) is 0 Å². The highest BCUT2D eigenvalue weighted by Gasteiger charge is 2.23. The van der Waals surface area contributed by atoms with Gasteiger partial charge in [-0.15, -0.1) is 0 Å². The minimum atomic E-state index is -0.160. The van der Waals surface area contributed by atoms with Gasteiger partial charge in [0.15, 0.2) is 5.13 Å². The standard InChI is InChI=1S/C18H15N3O3S2/c22-16(4-3-13-2-1-8-24-13)21-7-5-14-15(10-21)26-18(19-14)20-17(23)12-6-9-25-11-12/h1-4,6,8-9,11H,5,7,10H2,(H,19,20,23). The summed E-state index contributed by atoms with van der Waals surface area (Å²) < 4.78 is 5.19. The minimum Gasteiger partial charge on any atom is -0.465 e. The Kier molecular flexibility index (Phi) is 4.68. The topological polar surface area (TPSA) is 75.4 Å². The Morgan fingerprint density at radius 1 is 1.35 bits per heavy atom. The van der Waals surface area contributed by atoms with Gasteiger partial charge in [-0.2, -0.15) is 11.3 Å². The van der Waals surface area contributed by atoms with Gasteiger partial charge in [-0.3, -0.25) is 14.9 Å². The van der Waals surface area contributed by atoms with E-state index in [1.165, 1.54) is 28.7 Å². The predicted octanol–water partition coefficient (Wildman–Crippen LogP) is 3.65. The van der Waals surface area contributed by atoms with E-state index in [4.69, 9.17) is 4.42 Å². The first-order valence-electron chi connectivity index (χ1n) is 8.01. The zero-order valence-electron chi connectivity index (χ0n) is 13.7. The van der Waals surface area contributed by atoms with Crippen molar-refractivity contribution < 1.29 is 14.0 Å². The number of aromatic nitrogens is 1. The highest BCUT2D eigenvalue weighted by atomic mass is 32.1. The van der Waals surface area contributed by atoms with Crippen LogP contribution in [0.25, 0.3) is 6.08 Å².